The summed E-state index contributed by atoms with van der Waals surface area (Å²) in [6, 6.07) is 12.0. The van der Waals surface area contributed by atoms with Gasteiger partial charge in [-0.15, -0.1) is 0 Å². The number of ether oxygens (including phenoxy) is 2. The van der Waals surface area contributed by atoms with Crippen LogP contribution in [-0.2, 0) is 4.79 Å². The van der Waals surface area contributed by atoms with Crippen LogP contribution in [0.25, 0.3) is 0 Å². The van der Waals surface area contributed by atoms with Crippen LogP contribution in [0.1, 0.15) is 44.4 Å². The molecule has 1 aliphatic heterocycles. The van der Waals surface area contributed by atoms with Crippen molar-refractivity contribution < 1.29 is 19.1 Å². The van der Waals surface area contributed by atoms with E-state index in [2.05, 4.69) is 10.4 Å². The van der Waals surface area contributed by atoms with Gasteiger partial charge in [0.15, 0.2) is 0 Å². The molecule has 182 valence electrons. The van der Waals surface area contributed by atoms with Crippen LogP contribution < -0.4 is 14.8 Å². The van der Waals surface area contributed by atoms with Gasteiger partial charge in [-0.3, -0.25) is 4.79 Å². The van der Waals surface area contributed by atoms with Gasteiger partial charge in [-0.25, -0.2) is 9.80 Å². The normalized spacial score (nSPS) is 15.6. The van der Waals surface area contributed by atoms with Gasteiger partial charge in [0.1, 0.15) is 18.0 Å². The minimum absolute atomic E-state index is 0.149. The number of carbonyl (C=O) groups excluding carboxylic acids is 2. The van der Waals surface area contributed by atoms with Crippen molar-refractivity contribution in [3.63, 3.8) is 0 Å². The van der Waals surface area contributed by atoms with E-state index in [4.69, 9.17) is 21.1 Å². The number of methoxy groups -OCH3 is 2. The number of urea groups is 1. The Morgan fingerprint density at radius 2 is 1.88 bits per heavy atom. The third-order valence-corrected chi connectivity index (χ3v) is 5.68. The van der Waals surface area contributed by atoms with Crippen LogP contribution in [0.3, 0.4) is 0 Å². The van der Waals surface area contributed by atoms with Gasteiger partial charge in [0.25, 0.3) is 5.91 Å². The summed E-state index contributed by atoms with van der Waals surface area (Å²) >= 11 is 6.43. The second kappa shape index (κ2) is 10.3. The van der Waals surface area contributed by atoms with Gasteiger partial charge in [-0.05, 0) is 45.0 Å². The van der Waals surface area contributed by atoms with E-state index >= 15 is 0 Å². The largest absolute Gasteiger partial charge is 0.497 e. The van der Waals surface area contributed by atoms with E-state index in [-0.39, 0.29) is 18.5 Å². The Labute approximate surface area is 205 Å². The first-order valence-corrected chi connectivity index (χ1v) is 11.3. The lowest BCUT2D eigenvalue weighted by Gasteiger charge is -2.28. The molecule has 0 radical (unpaired) electrons. The Morgan fingerprint density at radius 3 is 2.50 bits per heavy atom. The molecular formula is C25H31ClN4O4. The third-order valence-electron chi connectivity index (χ3n) is 5.35. The molecule has 0 spiro atoms. The van der Waals surface area contributed by atoms with E-state index in [9.17, 15) is 9.59 Å². The molecule has 3 amide bonds. The van der Waals surface area contributed by atoms with Crippen molar-refractivity contribution in [2.45, 2.75) is 38.8 Å². The predicted octanol–water partition coefficient (Wildman–Crippen LogP) is 4.47. The fourth-order valence-corrected chi connectivity index (χ4v) is 3.95. The van der Waals surface area contributed by atoms with E-state index in [1.54, 1.807) is 39.5 Å². The number of hydrogen-bond donors (Lipinski definition) is 1. The number of likely N-dealkylation sites (N-methyl/N-ethyl adjacent to an activating group) is 1. The van der Waals surface area contributed by atoms with Gasteiger partial charge < -0.3 is 19.7 Å². The van der Waals surface area contributed by atoms with Crippen LogP contribution in [0.15, 0.2) is 47.6 Å². The standard InChI is InChI=1S/C25H31ClN4O4/c1-25(2,3)27-24(32)29(4)15-23(31)30-21(18-13-16(33-5)11-12-22(18)34-6)14-20(28-30)17-9-7-8-10-19(17)26/h7-13,21H,14-15H2,1-6H3,(H,27,32)/t21-/m0/s1. The maximum Gasteiger partial charge on any atom is 0.318 e. The van der Waals surface area contributed by atoms with Crippen LogP contribution in [0.4, 0.5) is 4.79 Å². The van der Waals surface area contributed by atoms with E-state index < -0.39 is 11.6 Å². The van der Waals surface area contributed by atoms with Crippen molar-refractivity contribution >= 4 is 29.3 Å². The summed E-state index contributed by atoms with van der Waals surface area (Å²) in [4.78, 5) is 27.3. The van der Waals surface area contributed by atoms with E-state index in [0.29, 0.717) is 28.7 Å². The molecule has 0 saturated heterocycles. The molecule has 0 aliphatic carbocycles. The molecule has 0 bridgehead atoms. The Morgan fingerprint density at radius 1 is 1.18 bits per heavy atom. The van der Waals surface area contributed by atoms with Gasteiger partial charge in [0, 0.05) is 35.2 Å². The first kappa shape index (κ1) is 25.4. The quantitative estimate of drug-likeness (QED) is 0.652. The van der Waals surface area contributed by atoms with Crippen LogP contribution in [-0.4, -0.2) is 60.9 Å². The van der Waals surface area contributed by atoms with Crippen molar-refractivity contribution in [1.29, 1.82) is 0 Å². The average molecular weight is 487 g/mol. The molecule has 9 heteroatoms. The van der Waals surface area contributed by atoms with E-state index in [0.717, 1.165) is 11.1 Å². The first-order chi connectivity index (χ1) is 16.0. The fourth-order valence-electron chi connectivity index (χ4n) is 3.70. The number of nitrogens with one attached hydrogen (secondary N) is 1. The third kappa shape index (κ3) is 5.80. The summed E-state index contributed by atoms with van der Waals surface area (Å²) in [6.45, 7) is 5.49. The lowest BCUT2D eigenvalue weighted by Crippen LogP contribution is -2.49. The van der Waals surface area contributed by atoms with Crippen LogP contribution in [0, 0.1) is 0 Å². The molecule has 1 aliphatic rings. The van der Waals surface area contributed by atoms with Gasteiger partial charge in [0.05, 0.1) is 26.0 Å². The number of hydrogen-bond acceptors (Lipinski definition) is 5. The highest BCUT2D eigenvalue weighted by molar-refractivity contribution is 6.34. The molecule has 2 aromatic rings. The zero-order chi connectivity index (χ0) is 25.0. The Balaban J connectivity index is 1.96. The summed E-state index contributed by atoms with van der Waals surface area (Å²) in [5.74, 6) is 0.914. The number of hydrazone groups is 1. The lowest BCUT2D eigenvalue weighted by atomic mass is 9.97. The number of halogens is 1. The van der Waals surface area contributed by atoms with Crippen molar-refractivity contribution in [1.82, 2.24) is 15.2 Å². The summed E-state index contributed by atoms with van der Waals surface area (Å²) in [7, 11) is 4.74. The number of carbonyl (C=O) groups is 2. The highest BCUT2D eigenvalue weighted by Gasteiger charge is 2.36. The van der Waals surface area contributed by atoms with Gasteiger partial charge in [-0.1, -0.05) is 29.8 Å². The topological polar surface area (TPSA) is 83.5 Å². The summed E-state index contributed by atoms with van der Waals surface area (Å²) in [5, 5.41) is 9.48. The molecule has 0 fully saturated rings. The molecule has 8 nitrogen and oxygen atoms in total. The Bertz CT molecular complexity index is 1100. The van der Waals surface area contributed by atoms with E-state index in [1.165, 1.54) is 9.91 Å². The molecule has 0 aromatic heterocycles. The smallest absolute Gasteiger partial charge is 0.318 e. The van der Waals surface area contributed by atoms with Crippen molar-refractivity contribution in [3.8, 4) is 11.5 Å². The highest BCUT2D eigenvalue weighted by Crippen LogP contribution is 2.40. The SMILES string of the molecule is COc1ccc(OC)c([C@@H]2CC(c3ccccc3Cl)=NN2C(=O)CN(C)C(=O)NC(C)(C)C)c1. The summed E-state index contributed by atoms with van der Waals surface area (Å²) in [6.07, 6.45) is 0.427. The lowest BCUT2D eigenvalue weighted by molar-refractivity contribution is -0.133. The van der Waals surface area contributed by atoms with Gasteiger partial charge in [-0.2, -0.15) is 5.10 Å². The zero-order valence-electron chi connectivity index (χ0n) is 20.4. The van der Waals surface area contributed by atoms with Gasteiger partial charge >= 0.3 is 6.03 Å². The number of benzene rings is 2. The molecule has 1 N–H and O–H groups in total. The van der Waals surface area contributed by atoms with Crippen LogP contribution in [0.2, 0.25) is 5.02 Å². The number of nitrogens with zero attached hydrogens (tertiary/aromatic N) is 3. The first-order valence-electron chi connectivity index (χ1n) is 10.9. The minimum Gasteiger partial charge on any atom is -0.497 e. The molecule has 1 heterocycles. The molecule has 1 atom stereocenters. The zero-order valence-corrected chi connectivity index (χ0v) is 21.1. The highest BCUT2D eigenvalue weighted by atomic mass is 35.5. The molecule has 3 rings (SSSR count). The van der Waals surface area contributed by atoms with Gasteiger partial charge in [0.2, 0.25) is 0 Å². The van der Waals surface area contributed by atoms with E-state index in [1.807, 2.05) is 45.0 Å². The predicted molar refractivity (Wildman–Crippen MR) is 133 cm³/mol. The van der Waals surface area contributed by atoms with Crippen molar-refractivity contribution in [2.75, 3.05) is 27.8 Å². The van der Waals surface area contributed by atoms with Crippen LogP contribution in [0.5, 0.6) is 11.5 Å². The maximum absolute atomic E-state index is 13.4. The second-order valence-corrected chi connectivity index (χ2v) is 9.54. The number of amides is 3. The molecular weight excluding hydrogens is 456 g/mol. The molecule has 2 aromatic carbocycles. The maximum atomic E-state index is 13.4. The van der Waals surface area contributed by atoms with Crippen LogP contribution >= 0.6 is 11.6 Å². The number of rotatable bonds is 6. The second-order valence-electron chi connectivity index (χ2n) is 9.13. The molecule has 0 saturated carbocycles. The van der Waals surface area contributed by atoms with Crippen molar-refractivity contribution in [2.24, 2.45) is 5.10 Å². The Hall–Kier alpha value is -3.26. The summed E-state index contributed by atoms with van der Waals surface area (Å²) in [5.41, 5.74) is 1.76. The molecule has 0 unspecified atom stereocenters. The molecule has 34 heavy (non-hydrogen) atoms. The average Bonchev–Trinajstić information content (AvgIpc) is 3.23. The van der Waals surface area contributed by atoms with Crippen molar-refractivity contribution in [3.05, 3.63) is 58.6 Å². The summed E-state index contributed by atoms with van der Waals surface area (Å²) < 4.78 is 11.0. The fraction of sp³-hybridized carbons (Fsp3) is 0.400. The Kier molecular flexibility index (Phi) is 7.71. The minimum atomic E-state index is -0.456. The monoisotopic (exact) mass is 486 g/mol.